The molecule has 7 rings (SSSR count). The van der Waals surface area contributed by atoms with Crippen molar-refractivity contribution < 1.29 is 28.5 Å². The second-order valence-electron chi connectivity index (χ2n) is 12.0. The van der Waals surface area contributed by atoms with Crippen molar-refractivity contribution in [1.82, 2.24) is 14.1 Å². The van der Waals surface area contributed by atoms with E-state index >= 15 is 4.79 Å². The summed E-state index contributed by atoms with van der Waals surface area (Å²) in [5.74, 6) is -1.83. The monoisotopic (exact) mass is 670 g/mol. The average Bonchev–Trinajstić information content (AvgIpc) is 3.42. The second kappa shape index (κ2) is 11.4. The molecule has 4 aromatic rings. The number of benzene rings is 2. The van der Waals surface area contributed by atoms with Gasteiger partial charge in [0, 0.05) is 49.5 Å². The van der Waals surface area contributed by atoms with Gasteiger partial charge in [0.1, 0.15) is 40.3 Å². The number of hydrogen-bond donors (Lipinski definition) is 1. The minimum atomic E-state index is -2.01. The van der Waals surface area contributed by atoms with E-state index in [1.165, 1.54) is 31.9 Å². The van der Waals surface area contributed by atoms with E-state index < -0.39 is 40.3 Å². The predicted octanol–water partition coefficient (Wildman–Crippen LogP) is 4.16. The molecule has 3 unspecified atom stereocenters. The molecule has 2 aromatic carbocycles. The molecule has 0 fully saturated rings. The summed E-state index contributed by atoms with van der Waals surface area (Å²) in [7, 11) is 5.75. The Kier molecular flexibility index (Phi) is 7.43. The first kappa shape index (κ1) is 31.3. The molecule has 0 bridgehead atoms. The third-order valence-electron chi connectivity index (χ3n) is 9.38. The maximum Gasteiger partial charge on any atom is 0.332 e. The number of hydrogen-bond acceptors (Lipinski definition) is 10. The molecule has 0 radical (unpaired) electrons. The van der Waals surface area contributed by atoms with Gasteiger partial charge in [-0.15, -0.1) is 0 Å². The van der Waals surface area contributed by atoms with Gasteiger partial charge in [0.2, 0.25) is 17.2 Å². The number of ether oxygens (including phenoxy) is 4. The van der Waals surface area contributed by atoms with E-state index in [0.29, 0.717) is 22.7 Å². The van der Waals surface area contributed by atoms with Crippen molar-refractivity contribution in [3.63, 3.8) is 0 Å². The molecule has 3 atom stereocenters. The number of aromatic nitrogens is 3. The van der Waals surface area contributed by atoms with Gasteiger partial charge >= 0.3 is 5.69 Å². The lowest BCUT2D eigenvalue weighted by Gasteiger charge is -2.42. The number of allylic oxidation sites excluding steroid dienone is 1. The number of pyridine rings is 1. The Morgan fingerprint density at radius 3 is 2.48 bits per heavy atom. The highest BCUT2D eigenvalue weighted by atomic mass is 35.5. The lowest BCUT2D eigenvalue weighted by Crippen LogP contribution is -2.58. The number of carbonyl (C=O) groups is 2. The van der Waals surface area contributed by atoms with Gasteiger partial charge in [-0.25, -0.2) is 4.79 Å². The van der Waals surface area contributed by atoms with Crippen LogP contribution in [0.25, 0.3) is 0 Å². The van der Waals surface area contributed by atoms with E-state index in [0.717, 1.165) is 4.57 Å². The predicted molar refractivity (Wildman–Crippen MR) is 175 cm³/mol. The molecular weight excluding hydrogens is 640 g/mol. The molecule has 4 heterocycles. The lowest BCUT2D eigenvalue weighted by molar-refractivity contribution is -0.130. The maximum atomic E-state index is 15.1. The zero-order valence-corrected chi connectivity index (χ0v) is 27.5. The molecule has 12 nitrogen and oxygen atoms in total. The van der Waals surface area contributed by atoms with Crippen LogP contribution in [0.5, 0.6) is 23.0 Å². The molecule has 0 amide bonds. The van der Waals surface area contributed by atoms with Crippen molar-refractivity contribution in [2.45, 2.75) is 31.5 Å². The van der Waals surface area contributed by atoms with Crippen LogP contribution in [0.2, 0.25) is 5.02 Å². The van der Waals surface area contributed by atoms with Crippen LogP contribution in [0, 0.1) is 5.92 Å². The summed E-state index contributed by atoms with van der Waals surface area (Å²) in [5, 5.41) is 3.25. The summed E-state index contributed by atoms with van der Waals surface area (Å²) in [6.45, 7) is 1.92. The molecule has 246 valence electrons. The minimum Gasteiger partial charge on any atom is -0.496 e. The minimum absolute atomic E-state index is 0.00827. The van der Waals surface area contributed by atoms with E-state index in [1.54, 1.807) is 44.4 Å². The van der Waals surface area contributed by atoms with Crippen LogP contribution in [-0.4, -0.2) is 45.5 Å². The quantitative estimate of drug-likeness (QED) is 0.298. The third kappa shape index (κ3) is 4.39. The molecule has 1 spiro atoms. The van der Waals surface area contributed by atoms with E-state index in [2.05, 4.69) is 10.3 Å². The van der Waals surface area contributed by atoms with Crippen LogP contribution >= 0.6 is 11.6 Å². The van der Waals surface area contributed by atoms with Crippen molar-refractivity contribution >= 4 is 29.0 Å². The van der Waals surface area contributed by atoms with E-state index in [4.69, 9.17) is 30.5 Å². The van der Waals surface area contributed by atoms with Gasteiger partial charge in [-0.3, -0.25) is 28.5 Å². The number of Topliss-reactive ketones (excluding diaryl/α,β-unsaturated/α-hetero) is 2. The summed E-state index contributed by atoms with van der Waals surface area (Å²) in [4.78, 5) is 60.9. The number of halogens is 1. The fourth-order valence-electron chi connectivity index (χ4n) is 6.95. The first-order valence-corrected chi connectivity index (χ1v) is 15.6. The fraction of sp³-hybridized carbons (Fsp3) is 0.286. The largest absolute Gasteiger partial charge is 0.496 e. The summed E-state index contributed by atoms with van der Waals surface area (Å²) >= 11 is 6.65. The molecule has 2 aromatic heterocycles. The summed E-state index contributed by atoms with van der Waals surface area (Å²) < 4.78 is 25.7. The zero-order chi connectivity index (χ0) is 34.1. The van der Waals surface area contributed by atoms with Crippen molar-refractivity contribution in [1.29, 1.82) is 0 Å². The first-order chi connectivity index (χ1) is 23.0. The van der Waals surface area contributed by atoms with Gasteiger partial charge in [0.15, 0.2) is 5.75 Å². The van der Waals surface area contributed by atoms with Gasteiger partial charge in [-0.1, -0.05) is 36.7 Å². The lowest BCUT2D eigenvalue weighted by atomic mass is 9.66. The average molecular weight is 671 g/mol. The summed E-state index contributed by atoms with van der Waals surface area (Å²) in [6, 6.07) is 14.0. The highest BCUT2D eigenvalue weighted by Gasteiger charge is 2.63. The van der Waals surface area contributed by atoms with Crippen molar-refractivity contribution in [2.24, 2.45) is 20.0 Å². The summed E-state index contributed by atoms with van der Waals surface area (Å²) in [5.41, 5.74) is -1.04. The van der Waals surface area contributed by atoms with Crippen LogP contribution in [0.4, 0.5) is 5.82 Å². The molecule has 13 heteroatoms. The van der Waals surface area contributed by atoms with Crippen LogP contribution in [0.15, 0.2) is 75.6 Å². The standard InChI is InChI=1S/C35H31ClN4O8/c1-17-13-21-25(30(41)35(17)31(42)26-22(45-4)15-23(46-5)28(36)29(26)48-35)24(27-32(38-21)39(2)34(44)40(3)33(27)43)18-9-8-11-20(14-18)47-16-19-10-6-7-12-37-19/h6-12,14-15,17,24,38H,13,16H2,1-5H3. The number of fused-ring (bicyclic) bond motifs is 2. The maximum absolute atomic E-state index is 15.1. The van der Waals surface area contributed by atoms with Crippen molar-refractivity contribution in [2.75, 3.05) is 19.5 Å². The van der Waals surface area contributed by atoms with Gasteiger partial charge < -0.3 is 24.3 Å². The normalized spacial score (nSPS) is 20.9. The highest BCUT2D eigenvalue weighted by molar-refractivity contribution is 6.36. The second-order valence-corrected chi connectivity index (χ2v) is 12.4. The fourth-order valence-corrected chi connectivity index (χ4v) is 7.21. The van der Waals surface area contributed by atoms with E-state index in [-0.39, 0.29) is 57.8 Å². The number of nitrogens with zero attached hydrogens (tertiary/aromatic N) is 3. The molecule has 0 saturated carbocycles. The first-order valence-electron chi connectivity index (χ1n) is 15.2. The van der Waals surface area contributed by atoms with Crippen molar-refractivity contribution in [3.8, 4) is 23.0 Å². The number of nitrogens with one attached hydrogen (secondary N) is 1. The molecule has 1 aliphatic carbocycles. The van der Waals surface area contributed by atoms with Crippen molar-refractivity contribution in [3.05, 3.63) is 114 Å². The molecule has 1 N–H and O–H groups in total. The molecule has 3 aliphatic rings. The zero-order valence-electron chi connectivity index (χ0n) is 26.8. The highest BCUT2D eigenvalue weighted by Crippen LogP contribution is 2.56. The topological polar surface area (TPSA) is 140 Å². The number of rotatable bonds is 6. The van der Waals surface area contributed by atoms with Gasteiger partial charge in [0.25, 0.3) is 5.56 Å². The van der Waals surface area contributed by atoms with Crippen LogP contribution in [0.3, 0.4) is 0 Å². The third-order valence-corrected chi connectivity index (χ3v) is 9.74. The Bertz CT molecular complexity index is 2190. The Balaban J connectivity index is 1.41. The van der Waals surface area contributed by atoms with Gasteiger partial charge in [-0.2, -0.15) is 0 Å². The van der Waals surface area contributed by atoms with Gasteiger partial charge in [0.05, 0.1) is 25.5 Å². The van der Waals surface area contributed by atoms with Crippen LogP contribution in [-0.2, 0) is 25.5 Å². The smallest absolute Gasteiger partial charge is 0.332 e. The number of carbonyl (C=O) groups excluding carboxylic acids is 2. The SMILES string of the molecule is COc1cc(OC)c2c(c1Cl)OC1(C(=O)C3=C(CC1C)Nc1c(c(=O)n(C)c(=O)n1C)C3c1cccc(OCc3ccccn3)c1)C2=O. The van der Waals surface area contributed by atoms with Crippen LogP contribution < -0.4 is 35.5 Å². The Morgan fingerprint density at radius 1 is 1.00 bits per heavy atom. The molecule has 0 saturated heterocycles. The summed E-state index contributed by atoms with van der Waals surface area (Å²) in [6.07, 6.45) is 1.84. The molecule has 2 aliphatic heterocycles. The molecular formula is C35H31ClN4O8. The Labute approximate surface area is 279 Å². The number of ketones is 2. The van der Waals surface area contributed by atoms with E-state index in [1.807, 2.05) is 18.2 Å². The number of methoxy groups -OCH3 is 2. The van der Waals surface area contributed by atoms with E-state index in [9.17, 15) is 14.4 Å². The Morgan fingerprint density at radius 2 is 1.77 bits per heavy atom. The molecule has 48 heavy (non-hydrogen) atoms. The van der Waals surface area contributed by atoms with Gasteiger partial charge in [-0.05, 0) is 36.2 Å². The Hall–Kier alpha value is -5.36. The number of anilines is 1. The van der Waals surface area contributed by atoms with Crippen LogP contribution in [0.1, 0.15) is 46.4 Å².